The summed E-state index contributed by atoms with van der Waals surface area (Å²) in [5.41, 5.74) is 2.72. The van der Waals surface area contributed by atoms with E-state index in [4.69, 9.17) is 5.26 Å². The van der Waals surface area contributed by atoms with E-state index in [-0.39, 0.29) is 12.1 Å². The SMILES string of the molecule is N#Cc1ccc(NC(=O)NC2C[C@H]3CCC[C@@H](C2)[NH+]3CCc2ccccc2)cc1. The molecule has 0 aromatic heterocycles. The number of nitrogens with one attached hydrogen (secondary N) is 3. The second-order valence-corrected chi connectivity index (χ2v) is 8.34. The number of urea groups is 1. The summed E-state index contributed by atoms with van der Waals surface area (Å²) in [7, 11) is 0. The zero-order chi connectivity index (χ0) is 20.1. The van der Waals surface area contributed by atoms with Gasteiger partial charge in [0.15, 0.2) is 0 Å². The smallest absolute Gasteiger partial charge is 0.319 e. The van der Waals surface area contributed by atoms with Crippen molar-refractivity contribution < 1.29 is 9.69 Å². The molecule has 0 spiro atoms. The number of fused-ring (bicyclic) bond motifs is 2. The van der Waals surface area contributed by atoms with Gasteiger partial charge in [0.2, 0.25) is 0 Å². The normalized spacial score (nSPS) is 25.6. The van der Waals surface area contributed by atoms with E-state index in [1.165, 1.54) is 31.4 Å². The first kappa shape index (κ1) is 19.5. The molecule has 2 aromatic carbocycles. The molecule has 5 nitrogen and oxygen atoms in total. The summed E-state index contributed by atoms with van der Waals surface area (Å²) in [6, 6.07) is 21.2. The van der Waals surface area contributed by atoms with Gasteiger partial charge in [-0.15, -0.1) is 0 Å². The second-order valence-electron chi connectivity index (χ2n) is 8.34. The maximum Gasteiger partial charge on any atom is 0.319 e. The number of nitrogens with zero attached hydrogens (tertiary/aromatic N) is 1. The van der Waals surface area contributed by atoms with E-state index >= 15 is 0 Å². The van der Waals surface area contributed by atoms with Gasteiger partial charge in [-0.25, -0.2) is 4.79 Å². The van der Waals surface area contributed by atoms with Gasteiger partial charge in [0, 0.05) is 31.0 Å². The highest BCUT2D eigenvalue weighted by atomic mass is 16.2. The molecule has 4 rings (SSSR count). The topological polar surface area (TPSA) is 69.4 Å². The number of carbonyl (C=O) groups is 1. The second kappa shape index (κ2) is 9.11. The average Bonchev–Trinajstić information content (AvgIpc) is 2.73. The molecule has 29 heavy (non-hydrogen) atoms. The minimum Gasteiger partial charge on any atom is -0.335 e. The number of rotatable bonds is 5. The number of carbonyl (C=O) groups excluding carboxylic acids is 1. The van der Waals surface area contributed by atoms with E-state index in [0.717, 1.165) is 19.3 Å². The Labute approximate surface area is 172 Å². The first-order valence-corrected chi connectivity index (χ1v) is 10.7. The molecular weight excluding hydrogens is 360 g/mol. The molecule has 150 valence electrons. The number of nitriles is 1. The van der Waals surface area contributed by atoms with Crippen LogP contribution in [-0.4, -0.2) is 30.7 Å². The summed E-state index contributed by atoms with van der Waals surface area (Å²) in [6.45, 7) is 1.18. The first-order chi connectivity index (χ1) is 14.2. The van der Waals surface area contributed by atoms with Gasteiger partial charge in [-0.1, -0.05) is 30.3 Å². The number of amides is 2. The van der Waals surface area contributed by atoms with Crippen molar-refractivity contribution in [2.75, 3.05) is 11.9 Å². The molecule has 0 aliphatic carbocycles. The van der Waals surface area contributed by atoms with Crippen LogP contribution in [0, 0.1) is 11.3 Å². The number of hydrogen-bond donors (Lipinski definition) is 3. The van der Waals surface area contributed by atoms with Crippen LogP contribution in [0.1, 0.15) is 43.2 Å². The Balaban J connectivity index is 1.30. The minimum atomic E-state index is -0.148. The number of hydrogen-bond acceptors (Lipinski definition) is 2. The summed E-state index contributed by atoms with van der Waals surface area (Å²) in [4.78, 5) is 14.2. The minimum absolute atomic E-state index is 0.148. The Morgan fingerprint density at radius 3 is 2.38 bits per heavy atom. The molecule has 2 saturated heterocycles. The lowest BCUT2D eigenvalue weighted by Crippen LogP contribution is -3.21. The highest BCUT2D eigenvalue weighted by Gasteiger charge is 2.41. The Bertz CT molecular complexity index is 845. The lowest BCUT2D eigenvalue weighted by molar-refractivity contribution is -0.960. The molecule has 2 fully saturated rings. The molecule has 0 radical (unpaired) electrons. The molecule has 4 atom stereocenters. The highest BCUT2D eigenvalue weighted by Crippen LogP contribution is 2.22. The van der Waals surface area contributed by atoms with Crippen molar-refractivity contribution >= 4 is 11.7 Å². The summed E-state index contributed by atoms with van der Waals surface area (Å²) in [5.74, 6) is 0. The zero-order valence-electron chi connectivity index (χ0n) is 16.7. The molecule has 5 heteroatoms. The molecule has 2 aliphatic rings. The van der Waals surface area contributed by atoms with Crippen molar-refractivity contribution in [2.45, 2.75) is 56.7 Å². The largest absolute Gasteiger partial charge is 0.335 e. The molecule has 3 N–H and O–H groups in total. The van der Waals surface area contributed by atoms with Crippen LogP contribution in [0.15, 0.2) is 54.6 Å². The predicted molar refractivity (Wildman–Crippen MR) is 114 cm³/mol. The third-order valence-corrected chi connectivity index (χ3v) is 6.44. The molecule has 0 saturated carbocycles. The lowest BCUT2D eigenvalue weighted by Gasteiger charge is -2.46. The highest BCUT2D eigenvalue weighted by molar-refractivity contribution is 5.89. The predicted octanol–water partition coefficient (Wildman–Crippen LogP) is 2.89. The van der Waals surface area contributed by atoms with Crippen LogP contribution < -0.4 is 15.5 Å². The average molecular weight is 390 g/mol. The maximum atomic E-state index is 12.5. The van der Waals surface area contributed by atoms with Crippen molar-refractivity contribution in [2.24, 2.45) is 0 Å². The van der Waals surface area contributed by atoms with Gasteiger partial charge in [0.1, 0.15) is 0 Å². The van der Waals surface area contributed by atoms with Crippen LogP contribution in [-0.2, 0) is 6.42 Å². The van der Waals surface area contributed by atoms with Crippen LogP contribution >= 0.6 is 0 Å². The fourth-order valence-electron chi connectivity index (χ4n) is 5.08. The van der Waals surface area contributed by atoms with Crippen LogP contribution in [0.3, 0.4) is 0 Å². The molecule has 2 bridgehead atoms. The van der Waals surface area contributed by atoms with E-state index in [0.29, 0.717) is 23.3 Å². The molecule has 2 aromatic rings. The third-order valence-electron chi connectivity index (χ3n) is 6.44. The molecular formula is C24H29N4O+. The Morgan fingerprint density at radius 2 is 1.72 bits per heavy atom. The van der Waals surface area contributed by atoms with E-state index < -0.39 is 0 Å². The van der Waals surface area contributed by atoms with Gasteiger partial charge in [-0.3, -0.25) is 0 Å². The van der Waals surface area contributed by atoms with Gasteiger partial charge in [0.05, 0.1) is 30.3 Å². The van der Waals surface area contributed by atoms with Crippen LogP contribution in [0.4, 0.5) is 10.5 Å². The summed E-state index contributed by atoms with van der Waals surface area (Å²) in [5, 5.41) is 15.0. The molecule has 2 unspecified atom stereocenters. The summed E-state index contributed by atoms with van der Waals surface area (Å²) < 4.78 is 0. The quantitative estimate of drug-likeness (QED) is 0.736. The van der Waals surface area contributed by atoms with Crippen molar-refractivity contribution in [1.82, 2.24) is 5.32 Å². The summed E-state index contributed by atoms with van der Waals surface area (Å²) in [6.07, 6.45) is 7.07. The monoisotopic (exact) mass is 389 g/mol. The zero-order valence-corrected chi connectivity index (χ0v) is 16.7. The van der Waals surface area contributed by atoms with Crippen molar-refractivity contribution in [3.63, 3.8) is 0 Å². The van der Waals surface area contributed by atoms with E-state index in [1.54, 1.807) is 29.2 Å². The van der Waals surface area contributed by atoms with E-state index in [9.17, 15) is 4.79 Å². The fraction of sp³-hybridized carbons (Fsp3) is 0.417. The maximum absolute atomic E-state index is 12.5. The Hall–Kier alpha value is -2.84. The van der Waals surface area contributed by atoms with Crippen molar-refractivity contribution in [1.29, 1.82) is 5.26 Å². The van der Waals surface area contributed by atoms with Crippen molar-refractivity contribution in [3.05, 3.63) is 65.7 Å². The Morgan fingerprint density at radius 1 is 1.03 bits per heavy atom. The number of quaternary nitrogens is 1. The van der Waals surface area contributed by atoms with Crippen LogP contribution in [0.5, 0.6) is 0 Å². The van der Waals surface area contributed by atoms with Crippen molar-refractivity contribution in [3.8, 4) is 6.07 Å². The van der Waals surface area contributed by atoms with Gasteiger partial charge >= 0.3 is 6.03 Å². The van der Waals surface area contributed by atoms with Gasteiger partial charge in [-0.05, 0) is 49.1 Å². The van der Waals surface area contributed by atoms with E-state index in [2.05, 4.69) is 47.0 Å². The molecule has 2 aliphatic heterocycles. The van der Waals surface area contributed by atoms with Gasteiger partial charge < -0.3 is 15.5 Å². The summed E-state index contributed by atoms with van der Waals surface area (Å²) >= 11 is 0. The number of piperidine rings is 2. The van der Waals surface area contributed by atoms with Crippen LogP contribution in [0.25, 0.3) is 0 Å². The lowest BCUT2D eigenvalue weighted by atomic mass is 9.81. The van der Waals surface area contributed by atoms with Gasteiger partial charge in [0.25, 0.3) is 0 Å². The Kier molecular flexibility index (Phi) is 6.12. The number of anilines is 1. The first-order valence-electron chi connectivity index (χ1n) is 10.7. The molecule has 2 amide bonds. The fourth-order valence-corrected chi connectivity index (χ4v) is 5.08. The van der Waals surface area contributed by atoms with Crippen LogP contribution in [0.2, 0.25) is 0 Å². The molecule has 2 heterocycles. The van der Waals surface area contributed by atoms with Gasteiger partial charge in [-0.2, -0.15) is 5.26 Å². The standard InChI is InChI=1S/C24H28N4O/c25-17-19-9-11-20(12-10-19)26-24(29)27-21-15-22-7-4-8-23(16-21)28(22)14-13-18-5-2-1-3-6-18/h1-3,5-6,9-12,21-23H,4,7-8,13-16H2,(H2,26,27,29)/p+1/t21?,22-,23+. The number of benzene rings is 2. The van der Waals surface area contributed by atoms with E-state index in [1.807, 2.05) is 0 Å². The third kappa shape index (κ3) is 4.96.